The number of amides is 1. The Balaban J connectivity index is 2.18. The second-order valence-corrected chi connectivity index (χ2v) is 7.18. The van der Waals surface area contributed by atoms with Gasteiger partial charge in [-0.2, -0.15) is 9.78 Å². The molecule has 0 spiro atoms. The molecule has 30 heavy (non-hydrogen) atoms. The monoisotopic (exact) mass is 410 g/mol. The Bertz CT molecular complexity index is 1180. The number of aryl methyl sites for hydroxylation is 1. The number of benzene rings is 2. The van der Waals surface area contributed by atoms with Crippen LogP contribution in [0.15, 0.2) is 58.1 Å². The van der Waals surface area contributed by atoms with E-state index < -0.39 is 28.7 Å². The number of nitrogens with one attached hydrogen (secondary N) is 1. The largest absolute Gasteiger partial charge is 0.352 e. The first-order chi connectivity index (χ1) is 14.3. The second kappa shape index (κ2) is 8.86. The summed E-state index contributed by atoms with van der Waals surface area (Å²) in [5, 5.41) is 6.67. The van der Waals surface area contributed by atoms with E-state index in [2.05, 4.69) is 10.4 Å². The maximum Gasteiger partial charge on any atom is 0.352 e. The number of carbonyl (C=O) groups excluding carboxylic acids is 1. The van der Waals surface area contributed by atoms with Crippen LogP contribution in [0.5, 0.6) is 0 Å². The number of rotatable bonds is 6. The van der Waals surface area contributed by atoms with Crippen molar-refractivity contribution in [3.05, 3.63) is 92.0 Å². The molecule has 0 saturated carbocycles. The molecule has 1 N–H and O–H groups in total. The fourth-order valence-electron chi connectivity index (χ4n) is 2.84. The van der Waals surface area contributed by atoms with Crippen LogP contribution in [0, 0.1) is 12.7 Å². The summed E-state index contributed by atoms with van der Waals surface area (Å²) >= 11 is 0. The summed E-state index contributed by atoms with van der Waals surface area (Å²) in [6, 6.07) is 12.4. The molecule has 3 aromatic rings. The van der Waals surface area contributed by atoms with E-state index in [1.807, 2.05) is 26.0 Å². The maximum absolute atomic E-state index is 13.7. The van der Waals surface area contributed by atoms with Crippen LogP contribution < -0.4 is 16.6 Å². The van der Waals surface area contributed by atoms with Gasteiger partial charge in [0.2, 0.25) is 5.69 Å². The molecular weight excluding hydrogens is 387 g/mol. The highest BCUT2D eigenvalue weighted by molar-refractivity contribution is 5.91. The topological polar surface area (TPSA) is 86.0 Å². The lowest BCUT2D eigenvalue weighted by Gasteiger charge is -2.14. The van der Waals surface area contributed by atoms with Gasteiger partial charge < -0.3 is 5.32 Å². The van der Waals surface area contributed by atoms with Gasteiger partial charge in [-0.1, -0.05) is 42.8 Å². The summed E-state index contributed by atoms with van der Waals surface area (Å²) in [6.45, 7) is 5.57. The highest BCUT2D eigenvalue weighted by atomic mass is 19.1. The van der Waals surface area contributed by atoms with Gasteiger partial charge in [0.15, 0.2) is 0 Å². The fourth-order valence-corrected chi connectivity index (χ4v) is 2.84. The van der Waals surface area contributed by atoms with E-state index in [0.29, 0.717) is 12.0 Å². The Morgan fingerprint density at radius 3 is 2.50 bits per heavy atom. The third-order valence-corrected chi connectivity index (χ3v) is 4.78. The van der Waals surface area contributed by atoms with Crippen molar-refractivity contribution in [3.63, 3.8) is 0 Å². The fraction of sp³-hybridized carbons (Fsp3) is 0.273. The van der Waals surface area contributed by atoms with Crippen LogP contribution in [0.25, 0.3) is 5.69 Å². The first kappa shape index (κ1) is 21.2. The van der Waals surface area contributed by atoms with Gasteiger partial charge in [-0.25, -0.2) is 9.18 Å². The predicted octanol–water partition coefficient (Wildman–Crippen LogP) is 2.42. The molecule has 0 aliphatic heterocycles. The Hall–Kier alpha value is -3.55. The lowest BCUT2D eigenvalue weighted by atomic mass is 10.1. The van der Waals surface area contributed by atoms with Crippen LogP contribution >= 0.6 is 0 Å². The van der Waals surface area contributed by atoms with Gasteiger partial charge in [0, 0.05) is 6.04 Å². The Morgan fingerprint density at radius 1 is 1.17 bits per heavy atom. The van der Waals surface area contributed by atoms with Gasteiger partial charge >= 0.3 is 5.69 Å². The molecule has 0 saturated heterocycles. The lowest BCUT2D eigenvalue weighted by Crippen LogP contribution is -2.47. The summed E-state index contributed by atoms with van der Waals surface area (Å²) < 4.78 is 15.6. The lowest BCUT2D eigenvalue weighted by molar-refractivity contribution is 0.0929. The van der Waals surface area contributed by atoms with Crippen LogP contribution in [-0.2, 0) is 6.54 Å². The summed E-state index contributed by atoms with van der Waals surface area (Å²) in [7, 11) is 0. The number of hydrogen-bond donors (Lipinski definition) is 1. The highest BCUT2D eigenvalue weighted by Crippen LogP contribution is 2.07. The van der Waals surface area contributed by atoms with Crippen LogP contribution in [0.1, 0.15) is 41.9 Å². The molecular formula is C22H23FN4O3. The van der Waals surface area contributed by atoms with Gasteiger partial charge in [0.1, 0.15) is 5.82 Å². The zero-order valence-corrected chi connectivity index (χ0v) is 17.1. The highest BCUT2D eigenvalue weighted by Gasteiger charge is 2.21. The second-order valence-electron chi connectivity index (χ2n) is 7.18. The van der Waals surface area contributed by atoms with Crippen LogP contribution in [0.2, 0.25) is 0 Å². The van der Waals surface area contributed by atoms with Crippen molar-refractivity contribution >= 4 is 5.91 Å². The summed E-state index contributed by atoms with van der Waals surface area (Å²) in [5.41, 5.74) is -0.112. The zero-order chi connectivity index (χ0) is 21.8. The minimum Gasteiger partial charge on any atom is -0.348 e. The molecule has 1 aromatic heterocycles. The van der Waals surface area contributed by atoms with E-state index in [0.717, 1.165) is 20.9 Å². The molecule has 1 heterocycles. The molecule has 3 rings (SSSR count). The number of halogens is 1. The van der Waals surface area contributed by atoms with Crippen molar-refractivity contribution in [2.24, 2.45) is 0 Å². The van der Waals surface area contributed by atoms with Gasteiger partial charge in [-0.05, 0) is 44.0 Å². The van der Waals surface area contributed by atoms with Crippen molar-refractivity contribution < 1.29 is 9.18 Å². The molecule has 0 aliphatic rings. The number of carbonyl (C=O) groups is 1. The molecule has 0 bridgehead atoms. The normalized spacial score (nSPS) is 11.9. The molecule has 156 valence electrons. The van der Waals surface area contributed by atoms with Gasteiger partial charge in [-0.3, -0.25) is 14.2 Å². The Labute approximate surface area is 172 Å². The third-order valence-electron chi connectivity index (χ3n) is 4.78. The molecule has 0 unspecified atom stereocenters. The Kier molecular flexibility index (Phi) is 6.25. The molecule has 1 amide bonds. The first-order valence-electron chi connectivity index (χ1n) is 9.66. The van der Waals surface area contributed by atoms with E-state index in [4.69, 9.17) is 0 Å². The first-order valence-corrected chi connectivity index (χ1v) is 9.66. The van der Waals surface area contributed by atoms with Crippen LogP contribution in [0.4, 0.5) is 4.39 Å². The summed E-state index contributed by atoms with van der Waals surface area (Å²) in [6.07, 6.45) is 0.660. The van der Waals surface area contributed by atoms with E-state index in [1.54, 1.807) is 19.1 Å². The minimum atomic E-state index is -0.797. The van der Waals surface area contributed by atoms with Gasteiger partial charge in [-0.15, -0.1) is 0 Å². The summed E-state index contributed by atoms with van der Waals surface area (Å²) in [5.74, 6) is -1.25. The smallest absolute Gasteiger partial charge is 0.348 e. The zero-order valence-electron chi connectivity index (χ0n) is 17.1. The average molecular weight is 410 g/mol. The van der Waals surface area contributed by atoms with E-state index in [1.165, 1.54) is 18.2 Å². The van der Waals surface area contributed by atoms with Crippen molar-refractivity contribution in [1.29, 1.82) is 0 Å². The van der Waals surface area contributed by atoms with Crippen molar-refractivity contribution in [1.82, 2.24) is 19.7 Å². The van der Waals surface area contributed by atoms with Gasteiger partial charge in [0.25, 0.3) is 11.5 Å². The van der Waals surface area contributed by atoms with Crippen molar-refractivity contribution in [2.45, 2.75) is 39.8 Å². The van der Waals surface area contributed by atoms with Crippen molar-refractivity contribution in [2.75, 3.05) is 0 Å². The van der Waals surface area contributed by atoms with Crippen LogP contribution in [-0.4, -0.2) is 26.3 Å². The Morgan fingerprint density at radius 2 is 1.87 bits per heavy atom. The van der Waals surface area contributed by atoms with Gasteiger partial charge in [0.05, 0.1) is 12.2 Å². The quantitative estimate of drug-likeness (QED) is 0.676. The van der Waals surface area contributed by atoms with Crippen LogP contribution in [0.3, 0.4) is 0 Å². The predicted molar refractivity (Wildman–Crippen MR) is 112 cm³/mol. The number of nitrogens with zero attached hydrogens (tertiary/aromatic N) is 3. The molecule has 0 radical (unpaired) electrons. The standard InChI is InChI=1S/C22H23FN4O3/c1-4-15(3)24-20(28)19-21(29)26(13-16-10-8-14(2)9-11-16)22(30)27(25-19)18-7-5-6-17(23)12-18/h5-12,15H,4,13H2,1-3H3,(H,24,28)/t15-/m0/s1. The molecule has 0 fully saturated rings. The summed E-state index contributed by atoms with van der Waals surface area (Å²) in [4.78, 5) is 38.7. The third kappa shape index (κ3) is 4.53. The van der Waals surface area contributed by atoms with E-state index in [9.17, 15) is 18.8 Å². The minimum absolute atomic E-state index is 0.0423. The number of hydrogen-bond acceptors (Lipinski definition) is 4. The molecule has 7 nitrogen and oxygen atoms in total. The molecule has 0 aliphatic carbocycles. The van der Waals surface area contributed by atoms with Crippen molar-refractivity contribution in [3.8, 4) is 5.69 Å². The number of aromatic nitrogens is 3. The maximum atomic E-state index is 13.7. The molecule has 8 heteroatoms. The SMILES string of the molecule is CC[C@H](C)NC(=O)c1nn(-c2cccc(F)c2)c(=O)n(Cc2ccc(C)cc2)c1=O. The molecule has 1 atom stereocenters. The van der Waals surface area contributed by atoms with E-state index >= 15 is 0 Å². The molecule has 2 aromatic carbocycles. The van der Waals surface area contributed by atoms with E-state index in [-0.39, 0.29) is 18.3 Å². The average Bonchev–Trinajstić information content (AvgIpc) is 2.72.